The molecule has 0 saturated carbocycles. The second-order valence-electron chi connectivity index (χ2n) is 7.69. The summed E-state index contributed by atoms with van der Waals surface area (Å²) >= 11 is 0. The SMILES string of the molecule is Cc1ccc(S(=O)(=O)N2CCCCC2)cc1NC(=O)CN(CCC#N)Cc1ccco1. The van der Waals surface area contributed by atoms with Crippen molar-refractivity contribution in [2.24, 2.45) is 0 Å². The first-order valence-corrected chi connectivity index (χ1v) is 11.9. The Labute approximate surface area is 183 Å². The van der Waals surface area contributed by atoms with Crippen LogP contribution in [-0.2, 0) is 21.4 Å². The number of anilines is 1. The van der Waals surface area contributed by atoms with Gasteiger partial charge in [-0.05, 0) is 49.6 Å². The van der Waals surface area contributed by atoms with Crippen LogP contribution in [0, 0.1) is 18.3 Å². The van der Waals surface area contributed by atoms with E-state index >= 15 is 0 Å². The number of sulfonamides is 1. The predicted molar refractivity (Wildman–Crippen MR) is 117 cm³/mol. The summed E-state index contributed by atoms with van der Waals surface area (Å²) in [6, 6.07) is 10.5. The van der Waals surface area contributed by atoms with E-state index in [2.05, 4.69) is 11.4 Å². The number of carbonyl (C=O) groups excluding carboxylic acids is 1. The van der Waals surface area contributed by atoms with Crippen molar-refractivity contribution in [2.45, 2.75) is 44.0 Å². The number of piperidine rings is 1. The van der Waals surface area contributed by atoms with Crippen molar-refractivity contribution in [3.8, 4) is 6.07 Å². The van der Waals surface area contributed by atoms with E-state index in [9.17, 15) is 13.2 Å². The first-order chi connectivity index (χ1) is 14.9. The lowest BCUT2D eigenvalue weighted by molar-refractivity contribution is -0.117. The topological polar surface area (TPSA) is 107 Å². The zero-order chi connectivity index (χ0) is 22.3. The molecule has 0 aliphatic carbocycles. The van der Waals surface area contributed by atoms with Gasteiger partial charge in [-0.1, -0.05) is 12.5 Å². The standard InChI is InChI=1S/C22H28N4O4S/c1-18-8-9-20(31(28,29)26-12-3-2-4-13-26)15-21(18)24-22(27)17-25(11-6-10-23)16-19-7-5-14-30-19/h5,7-9,14-15H,2-4,6,11-13,16-17H2,1H3,(H,24,27). The van der Waals surface area contributed by atoms with Gasteiger partial charge >= 0.3 is 0 Å². The number of hydrogen-bond donors (Lipinski definition) is 1. The van der Waals surface area contributed by atoms with E-state index in [1.807, 2.05) is 17.9 Å². The number of rotatable bonds is 9. The molecule has 1 aliphatic heterocycles. The second-order valence-corrected chi connectivity index (χ2v) is 9.63. The lowest BCUT2D eigenvalue weighted by atomic mass is 10.2. The summed E-state index contributed by atoms with van der Waals surface area (Å²) in [6.07, 6.45) is 4.62. The monoisotopic (exact) mass is 444 g/mol. The van der Waals surface area contributed by atoms with E-state index in [-0.39, 0.29) is 23.8 Å². The number of benzene rings is 1. The van der Waals surface area contributed by atoms with Gasteiger partial charge in [0.25, 0.3) is 0 Å². The fraction of sp³-hybridized carbons (Fsp3) is 0.455. The Morgan fingerprint density at radius 3 is 2.71 bits per heavy atom. The molecule has 2 heterocycles. The predicted octanol–water partition coefficient (Wildman–Crippen LogP) is 3.12. The minimum absolute atomic E-state index is 0.0604. The van der Waals surface area contributed by atoms with Crippen LogP contribution in [0.1, 0.15) is 37.0 Å². The Morgan fingerprint density at radius 2 is 2.03 bits per heavy atom. The normalized spacial score (nSPS) is 15.0. The lowest BCUT2D eigenvalue weighted by Crippen LogP contribution is -2.35. The molecular formula is C22H28N4O4S. The zero-order valence-electron chi connectivity index (χ0n) is 17.7. The van der Waals surface area contributed by atoms with Gasteiger partial charge in [0, 0.05) is 31.7 Å². The van der Waals surface area contributed by atoms with E-state index in [4.69, 9.17) is 9.68 Å². The molecule has 3 rings (SSSR count). The van der Waals surface area contributed by atoms with Gasteiger partial charge in [0.1, 0.15) is 5.76 Å². The van der Waals surface area contributed by atoms with Crippen LogP contribution in [-0.4, -0.2) is 49.7 Å². The number of aryl methyl sites for hydroxylation is 1. The fourth-order valence-corrected chi connectivity index (χ4v) is 5.13. The zero-order valence-corrected chi connectivity index (χ0v) is 18.5. The molecular weight excluding hydrogens is 416 g/mol. The van der Waals surface area contributed by atoms with E-state index in [0.717, 1.165) is 24.8 Å². The largest absolute Gasteiger partial charge is 0.468 e. The van der Waals surface area contributed by atoms with Crippen LogP contribution in [0.4, 0.5) is 5.69 Å². The molecule has 1 saturated heterocycles. The van der Waals surface area contributed by atoms with Crippen LogP contribution in [0.25, 0.3) is 0 Å². The van der Waals surface area contributed by atoms with Crippen molar-refractivity contribution < 1.29 is 17.6 Å². The average molecular weight is 445 g/mol. The molecule has 1 amide bonds. The molecule has 166 valence electrons. The molecule has 1 N–H and O–H groups in total. The van der Waals surface area contributed by atoms with Crippen molar-refractivity contribution >= 4 is 21.6 Å². The molecule has 0 bridgehead atoms. The smallest absolute Gasteiger partial charge is 0.243 e. The number of nitriles is 1. The summed E-state index contributed by atoms with van der Waals surface area (Å²) in [6.45, 7) is 3.77. The van der Waals surface area contributed by atoms with Crippen molar-refractivity contribution in [3.63, 3.8) is 0 Å². The lowest BCUT2D eigenvalue weighted by Gasteiger charge is -2.26. The van der Waals surface area contributed by atoms with Gasteiger partial charge in [-0.2, -0.15) is 9.57 Å². The number of nitrogens with one attached hydrogen (secondary N) is 1. The Balaban J connectivity index is 1.71. The third-order valence-electron chi connectivity index (χ3n) is 5.30. The van der Waals surface area contributed by atoms with Gasteiger partial charge in [0.2, 0.25) is 15.9 Å². The highest BCUT2D eigenvalue weighted by atomic mass is 32.2. The molecule has 1 aromatic carbocycles. The molecule has 1 fully saturated rings. The molecule has 0 unspecified atom stereocenters. The highest BCUT2D eigenvalue weighted by Gasteiger charge is 2.26. The van der Waals surface area contributed by atoms with Crippen LogP contribution in [0.15, 0.2) is 45.9 Å². The van der Waals surface area contributed by atoms with Gasteiger partial charge in [-0.15, -0.1) is 0 Å². The van der Waals surface area contributed by atoms with Crippen molar-refractivity contribution in [1.29, 1.82) is 5.26 Å². The van der Waals surface area contributed by atoms with E-state index in [0.29, 0.717) is 37.6 Å². The molecule has 1 aliphatic rings. The maximum Gasteiger partial charge on any atom is 0.243 e. The molecule has 9 heteroatoms. The van der Waals surface area contributed by atoms with Gasteiger partial charge in [0.15, 0.2) is 0 Å². The Kier molecular flexibility index (Phi) is 7.85. The quantitative estimate of drug-likeness (QED) is 0.637. The number of carbonyl (C=O) groups is 1. The van der Waals surface area contributed by atoms with Crippen LogP contribution >= 0.6 is 0 Å². The minimum atomic E-state index is -3.58. The molecule has 0 atom stereocenters. The van der Waals surface area contributed by atoms with Crippen LogP contribution in [0.5, 0.6) is 0 Å². The summed E-state index contributed by atoms with van der Waals surface area (Å²) in [5.41, 5.74) is 1.25. The highest BCUT2D eigenvalue weighted by molar-refractivity contribution is 7.89. The Morgan fingerprint density at radius 1 is 1.26 bits per heavy atom. The molecule has 8 nitrogen and oxygen atoms in total. The fourth-order valence-electron chi connectivity index (χ4n) is 3.59. The third kappa shape index (κ3) is 6.17. The van der Waals surface area contributed by atoms with Gasteiger partial charge in [-0.3, -0.25) is 9.69 Å². The van der Waals surface area contributed by atoms with Gasteiger partial charge in [0.05, 0.1) is 30.3 Å². The Hall–Kier alpha value is -2.67. The first kappa shape index (κ1) is 23.0. The number of furan rings is 1. The van der Waals surface area contributed by atoms with Crippen molar-refractivity contribution in [1.82, 2.24) is 9.21 Å². The van der Waals surface area contributed by atoms with Crippen LogP contribution in [0.3, 0.4) is 0 Å². The highest BCUT2D eigenvalue weighted by Crippen LogP contribution is 2.25. The van der Waals surface area contributed by atoms with E-state index < -0.39 is 10.0 Å². The summed E-state index contributed by atoms with van der Waals surface area (Å²) in [4.78, 5) is 14.7. The number of amides is 1. The summed E-state index contributed by atoms with van der Waals surface area (Å²) in [5, 5.41) is 11.7. The van der Waals surface area contributed by atoms with E-state index in [1.165, 1.54) is 10.4 Å². The molecule has 31 heavy (non-hydrogen) atoms. The van der Waals surface area contributed by atoms with E-state index in [1.54, 1.807) is 24.5 Å². The average Bonchev–Trinajstić information content (AvgIpc) is 3.27. The maximum atomic E-state index is 13.0. The van der Waals surface area contributed by atoms with Gasteiger partial charge < -0.3 is 9.73 Å². The summed E-state index contributed by atoms with van der Waals surface area (Å²) in [7, 11) is -3.58. The number of hydrogen-bond acceptors (Lipinski definition) is 6. The summed E-state index contributed by atoms with van der Waals surface area (Å²) < 4.78 is 32.8. The molecule has 0 spiro atoms. The maximum absolute atomic E-state index is 13.0. The third-order valence-corrected chi connectivity index (χ3v) is 7.20. The summed E-state index contributed by atoms with van der Waals surface area (Å²) in [5.74, 6) is 0.427. The van der Waals surface area contributed by atoms with Crippen LogP contribution < -0.4 is 5.32 Å². The first-order valence-electron chi connectivity index (χ1n) is 10.4. The molecule has 0 radical (unpaired) electrons. The molecule has 1 aromatic heterocycles. The van der Waals surface area contributed by atoms with Crippen molar-refractivity contribution in [3.05, 3.63) is 47.9 Å². The van der Waals surface area contributed by atoms with Crippen molar-refractivity contribution in [2.75, 3.05) is 31.5 Å². The Bertz CT molecular complexity index is 1020. The second kappa shape index (κ2) is 10.6. The number of nitrogens with zero attached hydrogens (tertiary/aromatic N) is 3. The minimum Gasteiger partial charge on any atom is -0.468 e. The van der Waals surface area contributed by atoms with Crippen LogP contribution in [0.2, 0.25) is 0 Å². The molecule has 2 aromatic rings. The van der Waals surface area contributed by atoms with Gasteiger partial charge in [-0.25, -0.2) is 8.42 Å².